The maximum absolute atomic E-state index is 13.2. The van der Waals surface area contributed by atoms with Gasteiger partial charge in [0.1, 0.15) is 0 Å². The van der Waals surface area contributed by atoms with E-state index in [1.54, 1.807) is 4.57 Å². The molecule has 1 N–H and O–H groups in total. The first-order valence-electron chi connectivity index (χ1n) is 11.2. The first-order chi connectivity index (χ1) is 15.2. The number of fused-ring (bicyclic) bond motifs is 1. The van der Waals surface area contributed by atoms with E-state index in [1.807, 2.05) is 42.5 Å². The van der Waals surface area contributed by atoms with Crippen LogP contribution in [0.4, 0.5) is 10.7 Å². The number of carbonyl (C=O) groups is 1. The molecule has 0 saturated carbocycles. The van der Waals surface area contributed by atoms with Crippen LogP contribution in [0.3, 0.4) is 0 Å². The van der Waals surface area contributed by atoms with Gasteiger partial charge in [-0.1, -0.05) is 42.5 Å². The van der Waals surface area contributed by atoms with E-state index in [9.17, 15) is 4.79 Å². The molecule has 2 aliphatic rings. The fourth-order valence-corrected chi connectivity index (χ4v) is 4.65. The molecule has 5 rings (SSSR count). The van der Waals surface area contributed by atoms with Gasteiger partial charge in [0.15, 0.2) is 0 Å². The lowest BCUT2D eigenvalue weighted by molar-refractivity contribution is 0.0485. The molecular formula is C24H30N6O. The number of hydrogen-bond acceptors (Lipinski definition) is 5. The Morgan fingerprint density at radius 3 is 2.45 bits per heavy atom. The predicted molar refractivity (Wildman–Crippen MR) is 124 cm³/mol. The number of benzene rings is 2. The van der Waals surface area contributed by atoms with Crippen LogP contribution in [0.15, 0.2) is 54.6 Å². The Balaban J connectivity index is 1.30. The van der Waals surface area contributed by atoms with Gasteiger partial charge < -0.3 is 15.1 Å². The summed E-state index contributed by atoms with van der Waals surface area (Å²) in [5, 5.41) is 3.10. The number of likely N-dealkylation sites (tertiary alicyclic amines) is 1. The Morgan fingerprint density at radius 1 is 1.00 bits per heavy atom. The average Bonchev–Trinajstić information content (AvgIpc) is 3.17. The molecule has 3 heterocycles. The highest BCUT2D eigenvalue weighted by Gasteiger charge is 2.32. The number of carbonyl (C=O) groups excluding carboxylic acids is 1. The molecule has 162 valence electrons. The minimum atomic E-state index is -0.109. The van der Waals surface area contributed by atoms with Crippen molar-refractivity contribution < 1.29 is 4.79 Å². The average molecular weight is 419 g/mol. The van der Waals surface area contributed by atoms with Crippen molar-refractivity contribution in [2.45, 2.75) is 12.5 Å². The monoisotopic (exact) mass is 418 g/mol. The van der Waals surface area contributed by atoms with Crippen molar-refractivity contribution >= 4 is 23.0 Å². The summed E-state index contributed by atoms with van der Waals surface area (Å²) in [7, 11) is 2.17. The van der Waals surface area contributed by atoms with Crippen molar-refractivity contribution in [2.75, 3.05) is 57.8 Å². The molecule has 2 aromatic carbocycles. The topological polar surface area (TPSA) is 56.6 Å². The Labute approximate surface area is 183 Å². The summed E-state index contributed by atoms with van der Waals surface area (Å²) in [6.45, 7) is 6.71. The molecule has 1 amide bonds. The van der Waals surface area contributed by atoms with Crippen molar-refractivity contribution in [3.05, 3.63) is 60.2 Å². The van der Waals surface area contributed by atoms with Crippen molar-refractivity contribution in [1.29, 1.82) is 0 Å². The summed E-state index contributed by atoms with van der Waals surface area (Å²) in [4.78, 5) is 25.2. The molecular weight excluding hydrogens is 388 g/mol. The second kappa shape index (κ2) is 8.69. The molecule has 2 saturated heterocycles. The van der Waals surface area contributed by atoms with Crippen molar-refractivity contribution in [3.63, 3.8) is 0 Å². The maximum atomic E-state index is 13.2. The van der Waals surface area contributed by atoms with Crippen LogP contribution in [0, 0.1) is 0 Å². The summed E-state index contributed by atoms with van der Waals surface area (Å²) >= 11 is 0. The van der Waals surface area contributed by atoms with E-state index in [2.05, 4.69) is 39.2 Å². The highest BCUT2D eigenvalue weighted by molar-refractivity contribution is 5.93. The van der Waals surface area contributed by atoms with Crippen molar-refractivity contribution in [1.82, 2.24) is 24.7 Å². The van der Waals surface area contributed by atoms with E-state index in [4.69, 9.17) is 4.98 Å². The van der Waals surface area contributed by atoms with Crippen LogP contribution in [0.2, 0.25) is 0 Å². The van der Waals surface area contributed by atoms with Crippen LogP contribution in [0.25, 0.3) is 11.0 Å². The molecule has 2 fully saturated rings. The third kappa shape index (κ3) is 4.16. The van der Waals surface area contributed by atoms with Crippen molar-refractivity contribution in [3.8, 4) is 0 Å². The summed E-state index contributed by atoms with van der Waals surface area (Å²) in [6, 6.07) is 18.7. The number of likely N-dealkylation sites (N-methyl/N-ethyl adjacent to an activating group) is 1. The first kappa shape index (κ1) is 20.0. The molecule has 3 aromatic rings. The van der Waals surface area contributed by atoms with Gasteiger partial charge in [0.25, 0.3) is 0 Å². The van der Waals surface area contributed by atoms with Gasteiger partial charge >= 0.3 is 6.03 Å². The van der Waals surface area contributed by atoms with Gasteiger partial charge in [0, 0.05) is 51.9 Å². The first-order valence-corrected chi connectivity index (χ1v) is 11.2. The number of nitrogens with zero attached hydrogens (tertiary/aromatic N) is 5. The molecule has 7 nitrogen and oxygen atoms in total. The lowest BCUT2D eigenvalue weighted by atomic mass is 10.1. The molecule has 0 atom stereocenters. The van der Waals surface area contributed by atoms with Gasteiger partial charge in [-0.25, -0.2) is 14.3 Å². The lowest BCUT2D eigenvalue weighted by Crippen LogP contribution is -2.62. The normalized spacial score (nSPS) is 18.3. The molecule has 7 heteroatoms. The van der Waals surface area contributed by atoms with Gasteiger partial charge in [-0.2, -0.15) is 0 Å². The zero-order valence-corrected chi connectivity index (χ0v) is 18.1. The van der Waals surface area contributed by atoms with E-state index in [0.717, 1.165) is 62.7 Å². The van der Waals surface area contributed by atoms with Crippen LogP contribution in [0.5, 0.6) is 0 Å². The van der Waals surface area contributed by atoms with Gasteiger partial charge in [-0.3, -0.25) is 4.90 Å². The van der Waals surface area contributed by atoms with Crippen molar-refractivity contribution in [2.24, 2.45) is 0 Å². The SMILES string of the molecule is CN1CC(N2CCN(c3nc4ccccc4n3C(=O)NCCc3ccccc3)CC2)C1. The highest BCUT2D eigenvalue weighted by atomic mass is 16.2. The van der Waals surface area contributed by atoms with Crippen LogP contribution >= 0.6 is 0 Å². The third-order valence-corrected chi connectivity index (χ3v) is 6.44. The molecule has 0 spiro atoms. The molecule has 0 bridgehead atoms. The number of amides is 1. The summed E-state index contributed by atoms with van der Waals surface area (Å²) < 4.78 is 1.76. The standard InChI is InChI=1S/C24H30N6O/c1-27-17-20(18-27)28-13-15-29(16-14-28)23-26-21-9-5-6-10-22(21)30(23)24(31)25-12-11-19-7-3-2-4-8-19/h2-10,20H,11-18H2,1H3,(H,25,31). The van der Waals surface area contributed by atoms with Gasteiger partial charge in [-0.05, 0) is 31.2 Å². The van der Waals surface area contributed by atoms with Crippen LogP contribution < -0.4 is 10.2 Å². The van der Waals surface area contributed by atoms with Gasteiger partial charge in [0.2, 0.25) is 5.95 Å². The van der Waals surface area contributed by atoms with Crippen LogP contribution in [-0.4, -0.2) is 84.3 Å². The number of para-hydroxylation sites is 2. The van der Waals surface area contributed by atoms with Gasteiger partial charge in [0.05, 0.1) is 11.0 Å². The molecule has 1 aromatic heterocycles. The number of imidazole rings is 1. The minimum absolute atomic E-state index is 0.109. The van der Waals surface area contributed by atoms with E-state index in [0.29, 0.717) is 12.6 Å². The zero-order chi connectivity index (χ0) is 21.2. The summed E-state index contributed by atoms with van der Waals surface area (Å²) in [5.74, 6) is 0.754. The second-order valence-corrected chi connectivity index (χ2v) is 8.60. The van der Waals surface area contributed by atoms with E-state index in [-0.39, 0.29) is 6.03 Å². The molecule has 0 aliphatic carbocycles. The Hall–Kier alpha value is -2.90. The highest BCUT2D eigenvalue weighted by Crippen LogP contribution is 2.24. The van der Waals surface area contributed by atoms with Gasteiger partial charge in [-0.15, -0.1) is 0 Å². The number of rotatable bonds is 5. The van der Waals surface area contributed by atoms with E-state index >= 15 is 0 Å². The Bertz CT molecular complexity index is 1030. The smallest absolute Gasteiger partial charge is 0.328 e. The molecule has 0 unspecified atom stereocenters. The zero-order valence-electron chi connectivity index (χ0n) is 18.1. The summed E-state index contributed by atoms with van der Waals surface area (Å²) in [5.41, 5.74) is 2.94. The van der Waals surface area contributed by atoms with E-state index < -0.39 is 0 Å². The number of nitrogens with one attached hydrogen (secondary N) is 1. The fraction of sp³-hybridized carbons (Fsp3) is 0.417. The Kier molecular flexibility index (Phi) is 5.61. The number of aromatic nitrogens is 2. The fourth-order valence-electron chi connectivity index (χ4n) is 4.65. The Morgan fingerprint density at radius 2 is 1.71 bits per heavy atom. The third-order valence-electron chi connectivity index (χ3n) is 6.44. The number of piperazine rings is 1. The lowest BCUT2D eigenvalue weighted by Gasteiger charge is -2.47. The summed E-state index contributed by atoms with van der Waals surface area (Å²) in [6.07, 6.45) is 0.809. The number of hydrogen-bond donors (Lipinski definition) is 1. The molecule has 0 radical (unpaired) electrons. The van der Waals surface area contributed by atoms with Crippen LogP contribution in [0.1, 0.15) is 5.56 Å². The molecule has 2 aliphatic heterocycles. The van der Waals surface area contributed by atoms with Crippen LogP contribution in [-0.2, 0) is 6.42 Å². The van der Waals surface area contributed by atoms with E-state index in [1.165, 1.54) is 5.56 Å². The largest absolute Gasteiger partial charge is 0.339 e. The second-order valence-electron chi connectivity index (χ2n) is 8.60. The number of anilines is 1. The minimum Gasteiger partial charge on any atom is -0.339 e. The molecule has 31 heavy (non-hydrogen) atoms. The quantitative estimate of drug-likeness (QED) is 0.689. The maximum Gasteiger partial charge on any atom is 0.328 e. The predicted octanol–water partition coefficient (Wildman–Crippen LogP) is 2.27.